The van der Waals surface area contributed by atoms with Crippen LogP contribution in [0.3, 0.4) is 0 Å². The standard InChI is InChI=1S/C28H22FN5O3/c29-20-7-3-17(4-8-20)26-27(18-6-10-23-24(15-18)37-16-36-23)34-22-14-19(5-9-21(22)33-26)28(35)32-11-1-2-25-30-12-13-31-25/h3-10,12-15H,1-2,11,16H2,(H,30,31)(H,32,35). The Morgan fingerprint density at radius 1 is 0.919 bits per heavy atom. The third-order valence-electron chi connectivity index (χ3n) is 6.12. The van der Waals surface area contributed by atoms with Crippen molar-refractivity contribution in [1.82, 2.24) is 25.3 Å². The van der Waals surface area contributed by atoms with E-state index in [1.807, 2.05) is 18.2 Å². The molecule has 5 aromatic rings. The highest BCUT2D eigenvalue weighted by Crippen LogP contribution is 2.38. The molecule has 1 aliphatic rings. The Labute approximate surface area is 211 Å². The number of amides is 1. The number of carbonyl (C=O) groups excluding carboxylic acids is 1. The number of imidazole rings is 1. The normalized spacial score (nSPS) is 12.1. The molecule has 6 rings (SSSR count). The number of ether oxygens (including phenoxy) is 2. The molecule has 0 aliphatic carbocycles. The highest BCUT2D eigenvalue weighted by molar-refractivity contribution is 5.98. The Hall–Kier alpha value is -4.79. The van der Waals surface area contributed by atoms with Gasteiger partial charge in [0.2, 0.25) is 6.79 Å². The van der Waals surface area contributed by atoms with Crippen molar-refractivity contribution in [3.63, 3.8) is 0 Å². The third kappa shape index (κ3) is 4.71. The van der Waals surface area contributed by atoms with E-state index in [0.29, 0.717) is 46.0 Å². The minimum Gasteiger partial charge on any atom is -0.454 e. The number of aromatic nitrogens is 4. The molecule has 8 nitrogen and oxygen atoms in total. The lowest BCUT2D eigenvalue weighted by molar-refractivity contribution is 0.0953. The van der Waals surface area contributed by atoms with Crippen molar-refractivity contribution in [2.45, 2.75) is 12.8 Å². The first-order chi connectivity index (χ1) is 18.1. The summed E-state index contributed by atoms with van der Waals surface area (Å²) < 4.78 is 24.6. The first-order valence-electron chi connectivity index (χ1n) is 11.9. The average Bonchev–Trinajstić information content (AvgIpc) is 3.62. The Morgan fingerprint density at radius 3 is 2.54 bits per heavy atom. The summed E-state index contributed by atoms with van der Waals surface area (Å²) in [4.78, 5) is 29.8. The van der Waals surface area contributed by atoms with E-state index in [4.69, 9.17) is 19.4 Å². The quantitative estimate of drug-likeness (QED) is 0.311. The summed E-state index contributed by atoms with van der Waals surface area (Å²) in [5.41, 5.74) is 4.37. The summed E-state index contributed by atoms with van der Waals surface area (Å²) in [5.74, 6) is 1.65. The minimum absolute atomic E-state index is 0.160. The number of H-pyrrole nitrogens is 1. The van der Waals surface area contributed by atoms with Crippen LogP contribution in [0.25, 0.3) is 33.5 Å². The zero-order valence-electron chi connectivity index (χ0n) is 19.7. The van der Waals surface area contributed by atoms with E-state index in [1.54, 1.807) is 42.7 Å². The third-order valence-corrected chi connectivity index (χ3v) is 6.12. The van der Waals surface area contributed by atoms with E-state index in [9.17, 15) is 9.18 Å². The van der Waals surface area contributed by atoms with E-state index in [-0.39, 0.29) is 18.5 Å². The molecule has 0 unspecified atom stereocenters. The fourth-order valence-electron chi connectivity index (χ4n) is 4.24. The molecule has 1 aliphatic heterocycles. The lowest BCUT2D eigenvalue weighted by Crippen LogP contribution is -2.24. The molecule has 37 heavy (non-hydrogen) atoms. The second-order valence-corrected chi connectivity index (χ2v) is 8.59. The molecule has 0 saturated heterocycles. The Bertz CT molecular complexity index is 1590. The molecule has 0 saturated carbocycles. The summed E-state index contributed by atoms with van der Waals surface area (Å²) in [5, 5.41) is 2.95. The van der Waals surface area contributed by atoms with Gasteiger partial charge in [-0.25, -0.2) is 19.3 Å². The molecule has 0 atom stereocenters. The summed E-state index contributed by atoms with van der Waals surface area (Å²) in [7, 11) is 0. The first kappa shape index (κ1) is 22.7. The van der Waals surface area contributed by atoms with Gasteiger partial charge in [-0.15, -0.1) is 0 Å². The second-order valence-electron chi connectivity index (χ2n) is 8.59. The molecule has 2 aromatic heterocycles. The van der Waals surface area contributed by atoms with Crippen molar-refractivity contribution in [2.75, 3.05) is 13.3 Å². The van der Waals surface area contributed by atoms with Crippen molar-refractivity contribution < 1.29 is 18.7 Å². The number of rotatable bonds is 7. The summed E-state index contributed by atoms with van der Waals surface area (Å²) in [6.45, 7) is 0.683. The van der Waals surface area contributed by atoms with E-state index >= 15 is 0 Å². The van der Waals surface area contributed by atoms with Crippen molar-refractivity contribution in [1.29, 1.82) is 0 Å². The number of nitrogens with zero attached hydrogens (tertiary/aromatic N) is 3. The van der Waals surface area contributed by atoms with Crippen LogP contribution in [0.15, 0.2) is 73.1 Å². The van der Waals surface area contributed by atoms with Gasteiger partial charge in [0.15, 0.2) is 11.5 Å². The zero-order chi connectivity index (χ0) is 25.2. The smallest absolute Gasteiger partial charge is 0.251 e. The molecule has 184 valence electrons. The van der Waals surface area contributed by atoms with Crippen molar-refractivity contribution >= 4 is 16.9 Å². The summed E-state index contributed by atoms with van der Waals surface area (Å²) in [6.07, 6.45) is 5.01. The number of carbonyl (C=O) groups is 1. The Morgan fingerprint density at radius 2 is 1.70 bits per heavy atom. The molecule has 3 aromatic carbocycles. The average molecular weight is 496 g/mol. The highest BCUT2D eigenvalue weighted by atomic mass is 19.1. The van der Waals surface area contributed by atoms with Crippen LogP contribution in [0, 0.1) is 5.82 Å². The Kier molecular flexibility index (Phi) is 5.94. The summed E-state index contributed by atoms with van der Waals surface area (Å²) >= 11 is 0. The molecule has 0 fully saturated rings. The zero-order valence-corrected chi connectivity index (χ0v) is 19.7. The van der Waals surface area contributed by atoms with Gasteiger partial charge in [-0.2, -0.15) is 0 Å². The topological polar surface area (TPSA) is 102 Å². The van der Waals surface area contributed by atoms with Crippen LogP contribution >= 0.6 is 0 Å². The van der Waals surface area contributed by atoms with Crippen LogP contribution in [0.5, 0.6) is 11.5 Å². The molecular formula is C28H22FN5O3. The number of hydrogen-bond acceptors (Lipinski definition) is 6. The lowest BCUT2D eigenvalue weighted by Gasteiger charge is -2.12. The number of nitrogens with one attached hydrogen (secondary N) is 2. The van der Waals surface area contributed by atoms with Crippen LogP contribution in [-0.4, -0.2) is 39.2 Å². The number of halogens is 1. The SMILES string of the molecule is O=C(NCCCc1ncc[nH]1)c1ccc2nc(-c3ccc(F)cc3)c(-c3ccc4c(c3)OCO4)nc2c1. The largest absolute Gasteiger partial charge is 0.454 e. The molecule has 0 spiro atoms. The molecule has 1 amide bonds. The van der Waals surface area contributed by atoms with E-state index in [2.05, 4.69) is 15.3 Å². The van der Waals surface area contributed by atoms with Crippen LogP contribution in [0.4, 0.5) is 4.39 Å². The van der Waals surface area contributed by atoms with E-state index < -0.39 is 0 Å². The van der Waals surface area contributed by atoms with Gasteiger partial charge in [-0.1, -0.05) is 0 Å². The number of fused-ring (bicyclic) bond motifs is 2. The molecule has 3 heterocycles. The second kappa shape index (κ2) is 9.69. The molecule has 0 radical (unpaired) electrons. The predicted molar refractivity (Wildman–Crippen MR) is 136 cm³/mol. The maximum Gasteiger partial charge on any atom is 0.251 e. The van der Waals surface area contributed by atoms with Gasteiger partial charge in [0.25, 0.3) is 5.91 Å². The van der Waals surface area contributed by atoms with Crippen LogP contribution in [0.1, 0.15) is 22.6 Å². The fraction of sp³-hybridized carbons (Fsp3) is 0.143. The van der Waals surface area contributed by atoms with Gasteiger partial charge in [0.1, 0.15) is 11.6 Å². The maximum atomic E-state index is 13.6. The Balaban J connectivity index is 1.33. The first-order valence-corrected chi connectivity index (χ1v) is 11.9. The van der Waals surface area contributed by atoms with Gasteiger partial charge in [0, 0.05) is 42.0 Å². The number of aryl methyl sites for hydroxylation is 1. The molecular weight excluding hydrogens is 473 g/mol. The van der Waals surface area contributed by atoms with Gasteiger partial charge in [-0.3, -0.25) is 4.79 Å². The van der Waals surface area contributed by atoms with E-state index in [0.717, 1.165) is 29.8 Å². The van der Waals surface area contributed by atoms with Crippen LogP contribution in [-0.2, 0) is 6.42 Å². The van der Waals surface area contributed by atoms with Crippen LogP contribution in [0.2, 0.25) is 0 Å². The molecule has 9 heteroatoms. The summed E-state index contributed by atoms with van der Waals surface area (Å²) in [6, 6.07) is 16.9. The van der Waals surface area contributed by atoms with Crippen molar-refractivity contribution in [2.24, 2.45) is 0 Å². The van der Waals surface area contributed by atoms with Gasteiger partial charge in [-0.05, 0) is 67.1 Å². The van der Waals surface area contributed by atoms with Gasteiger partial charge in [0.05, 0.1) is 22.4 Å². The minimum atomic E-state index is -0.332. The van der Waals surface area contributed by atoms with Gasteiger partial charge < -0.3 is 19.8 Å². The molecule has 0 bridgehead atoms. The molecule has 2 N–H and O–H groups in total. The fourth-order valence-corrected chi connectivity index (χ4v) is 4.24. The lowest BCUT2D eigenvalue weighted by atomic mass is 10.0. The number of benzene rings is 3. The number of hydrogen-bond donors (Lipinski definition) is 2. The van der Waals surface area contributed by atoms with E-state index in [1.165, 1.54) is 12.1 Å². The van der Waals surface area contributed by atoms with Crippen molar-refractivity contribution in [3.8, 4) is 34.0 Å². The number of aromatic amines is 1. The highest BCUT2D eigenvalue weighted by Gasteiger charge is 2.19. The maximum absolute atomic E-state index is 13.6. The predicted octanol–water partition coefficient (Wildman–Crippen LogP) is 4.92. The van der Waals surface area contributed by atoms with Gasteiger partial charge >= 0.3 is 0 Å². The van der Waals surface area contributed by atoms with Crippen LogP contribution < -0.4 is 14.8 Å². The monoisotopic (exact) mass is 495 g/mol. The van der Waals surface area contributed by atoms with Crippen molar-refractivity contribution in [3.05, 3.63) is 90.3 Å².